The fourth-order valence-electron chi connectivity index (χ4n) is 0.107. The predicted octanol–water partition coefficient (Wildman–Crippen LogP) is -0.539. The van der Waals surface area contributed by atoms with Crippen molar-refractivity contribution in [2.24, 2.45) is 0 Å². The molecule has 4 heteroatoms. The third kappa shape index (κ3) is 4.59. The SMILES string of the molecule is [2H]C([2H])(C)C([2H])(O)C(=O)O.[Na]. The molecule has 1 radical (unpaired) electrons. The number of carbonyl (C=O) groups is 1. The number of rotatable bonds is 2. The number of carboxylic acid groups (broad SMARTS) is 1. The van der Waals surface area contributed by atoms with E-state index in [0.717, 1.165) is 6.92 Å². The van der Waals surface area contributed by atoms with E-state index >= 15 is 0 Å². The maximum absolute atomic E-state index is 9.99. The van der Waals surface area contributed by atoms with Gasteiger partial charge in [-0.1, -0.05) is 6.92 Å². The normalized spacial score (nSPS) is 23.0. The summed E-state index contributed by atoms with van der Waals surface area (Å²) in [6.07, 6.45) is -5.52. The largest absolute Gasteiger partial charge is 0.479 e. The van der Waals surface area contributed by atoms with Crippen molar-refractivity contribution in [3.8, 4) is 0 Å². The van der Waals surface area contributed by atoms with Gasteiger partial charge in [-0.05, 0) is 6.37 Å². The monoisotopic (exact) mass is 130 g/mol. The van der Waals surface area contributed by atoms with Crippen LogP contribution in [0.2, 0.25) is 0 Å². The van der Waals surface area contributed by atoms with Crippen molar-refractivity contribution < 1.29 is 19.1 Å². The molecule has 0 aliphatic heterocycles. The van der Waals surface area contributed by atoms with Crippen LogP contribution in [0.1, 0.15) is 17.4 Å². The first-order valence-corrected chi connectivity index (χ1v) is 1.65. The van der Waals surface area contributed by atoms with Gasteiger partial charge in [-0.3, -0.25) is 0 Å². The van der Waals surface area contributed by atoms with Crippen LogP contribution >= 0.6 is 0 Å². The zero-order chi connectivity index (χ0) is 8.58. The Morgan fingerprint density at radius 2 is 2.50 bits per heavy atom. The van der Waals surface area contributed by atoms with Crippen LogP contribution in [0.4, 0.5) is 0 Å². The second kappa shape index (κ2) is 5.56. The van der Waals surface area contributed by atoms with Crippen molar-refractivity contribution in [2.75, 3.05) is 0 Å². The van der Waals surface area contributed by atoms with Crippen LogP contribution < -0.4 is 0 Å². The van der Waals surface area contributed by atoms with E-state index in [1.54, 1.807) is 0 Å². The summed E-state index contributed by atoms with van der Waals surface area (Å²) < 4.78 is 20.0. The Balaban J connectivity index is 0. The summed E-state index contributed by atoms with van der Waals surface area (Å²) in [7, 11) is 0. The second-order valence-electron chi connectivity index (χ2n) is 0.904. The summed E-state index contributed by atoms with van der Waals surface area (Å²) in [5.41, 5.74) is 0. The van der Waals surface area contributed by atoms with Crippen molar-refractivity contribution in [3.05, 3.63) is 0 Å². The third-order valence-electron chi connectivity index (χ3n) is 0.439. The molecular formula is C4H8NaO3. The zero-order valence-corrected chi connectivity index (χ0v) is 6.80. The standard InChI is InChI=1S/C4H8O3.Na/c1-2-3(5)4(6)7;/h3,5H,2H2,1H3,(H,6,7);/i2D2,3D;. The van der Waals surface area contributed by atoms with Gasteiger partial charge >= 0.3 is 5.97 Å². The van der Waals surface area contributed by atoms with E-state index in [1.165, 1.54) is 0 Å². The van der Waals surface area contributed by atoms with Gasteiger partial charge in [-0.2, -0.15) is 0 Å². The fraction of sp³-hybridized carbons (Fsp3) is 0.750. The van der Waals surface area contributed by atoms with E-state index in [4.69, 9.17) is 14.3 Å². The molecule has 0 aromatic heterocycles. The van der Waals surface area contributed by atoms with E-state index in [1.807, 2.05) is 0 Å². The van der Waals surface area contributed by atoms with Crippen LogP contribution in [0.25, 0.3) is 0 Å². The van der Waals surface area contributed by atoms with E-state index in [0.29, 0.717) is 0 Å². The average Bonchev–Trinajstić information content (AvgIpc) is 1.62. The third-order valence-corrected chi connectivity index (χ3v) is 0.439. The quantitative estimate of drug-likeness (QED) is 0.493. The first-order valence-electron chi connectivity index (χ1n) is 3.15. The van der Waals surface area contributed by atoms with Crippen LogP contribution in [0.15, 0.2) is 0 Å². The predicted molar refractivity (Wildman–Crippen MR) is 29.7 cm³/mol. The second-order valence-corrected chi connectivity index (χ2v) is 0.904. The molecule has 1 unspecified atom stereocenters. The Kier molecular flexibility index (Phi) is 3.64. The van der Waals surface area contributed by atoms with E-state index in [-0.39, 0.29) is 29.6 Å². The summed E-state index contributed by atoms with van der Waals surface area (Å²) in [4.78, 5) is 9.99. The van der Waals surface area contributed by atoms with Gasteiger partial charge in [0.2, 0.25) is 0 Å². The molecule has 0 fully saturated rings. The molecule has 0 amide bonds. The Bertz CT molecular complexity index is 153. The molecule has 2 N–H and O–H groups in total. The van der Waals surface area contributed by atoms with Crippen molar-refractivity contribution in [3.63, 3.8) is 0 Å². The van der Waals surface area contributed by atoms with Gasteiger partial charge in [0.1, 0.15) is 0 Å². The molecule has 0 saturated carbocycles. The summed E-state index contributed by atoms with van der Waals surface area (Å²) in [5, 5.41) is 16.7. The van der Waals surface area contributed by atoms with Crippen molar-refractivity contribution in [1.82, 2.24) is 0 Å². The number of aliphatic carboxylic acids is 1. The zero-order valence-electron chi connectivity index (χ0n) is 7.80. The molecule has 43 valence electrons. The Hall–Kier alpha value is 0.430. The molecule has 0 bridgehead atoms. The smallest absolute Gasteiger partial charge is 0.332 e. The molecule has 0 aliphatic rings. The van der Waals surface area contributed by atoms with Crippen LogP contribution in [-0.2, 0) is 4.79 Å². The van der Waals surface area contributed by atoms with Crippen LogP contribution in [0, 0.1) is 0 Å². The van der Waals surface area contributed by atoms with Gasteiger partial charge in [0.15, 0.2) is 6.08 Å². The van der Waals surface area contributed by atoms with Gasteiger partial charge in [-0.25, -0.2) is 4.79 Å². The summed E-state index contributed by atoms with van der Waals surface area (Å²) in [6, 6.07) is 0. The molecule has 0 aromatic rings. The van der Waals surface area contributed by atoms with Crippen molar-refractivity contribution >= 4 is 35.5 Å². The fourth-order valence-corrected chi connectivity index (χ4v) is 0.107. The summed E-state index contributed by atoms with van der Waals surface area (Å²) >= 11 is 0. The molecule has 0 spiro atoms. The summed E-state index contributed by atoms with van der Waals surface area (Å²) in [6.45, 7) is 0.828. The Morgan fingerprint density at radius 1 is 2.12 bits per heavy atom. The minimum absolute atomic E-state index is 0. The number of aliphatic hydroxyl groups is 1. The summed E-state index contributed by atoms with van der Waals surface area (Å²) in [5.74, 6) is -1.89. The van der Waals surface area contributed by atoms with Gasteiger partial charge in [0.05, 0.1) is 1.37 Å². The first-order chi connectivity index (χ1) is 4.19. The van der Waals surface area contributed by atoms with E-state index in [9.17, 15) is 4.79 Å². The maximum Gasteiger partial charge on any atom is 0.332 e. The van der Waals surface area contributed by atoms with Gasteiger partial charge in [0.25, 0.3) is 0 Å². The molecule has 0 rings (SSSR count). The van der Waals surface area contributed by atoms with Gasteiger partial charge in [0, 0.05) is 32.3 Å². The molecule has 0 aromatic carbocycles. The first kappa shape index (κ1) is 5.23. The van der Waals surface area contributed by atoms with Crippen LogP contribution in [-0.4, -0.2) is 51.8 Å². The van der Waals surface area contributed by atoms with Crippen LogP contribution in [0.5, 0.6) is 0 Å². The number of carboxylic acids is 1. The minimum atomic E-state index is -3.06. The maximum atomic E-state index is 9.99. The molecular weight excluding hydrogens is 119 g/mol. The van der Waals surface area contributed by atoms with E-state index in [2.05, 4.69) is 0 Å². The molecule has 0 aliphatic carbocycles. The van der Waals surface area contributed by atoms with Crippen molar-refractivity contribution in [2.45, 2.75) is 19.4 Å². The number of hydrogen-bond donors (Lipinski definition) is 2. The molecule has 0 saturated heterocycles. The molecule has 3 nitrogen and oxygen atoms in total. The average molecular weight is 130 g/mol. The van der Waals surface area contributed by atoms with E-state index < -0.39 is 18.4 Å². The Morgan fingerprint density at radius 3 is 2.50 bits per heavy atom. The molecule has 8 heavy (non-hydrogen) atoms. The molecule has 0 heterocycles. The number of hydrogen-bond acceptors (Lipinski definition) is 2. The van der Waals surface area contributed by atoms with Gasteiger partial charge in [-0.15, -0.1) is 0 Å². The van der Waals surface area contributed by atoms with Crippen molar-refractivity contribution in [1.29, 1.82) is 0 Å². The van der Waals surface area contributed by atoms with Gasteiger partial charge < -0.3 is 10.2 Å². The van der Waals surface area contributed by atoms with Crippen LogP contribution in [0.3, 0.4) is 0 Å². The molecule has 1 atom stereocenters. The topological polar surface area (TPSA) is 57.5 Å². The minimum Gasteiger partial charge on any atom is -0.479 e. The Labute approximate surface area is 74.2 Å².